The van der Waals surface area contributed by atoms with Gasteiger partial charge in [-0.3, -0.25) is 19.2 Å². The number of ether oxygens (including phenoxy) is 5. The van der Waals surface area contributed by atoms with Crippen molar-refractivity contribution in [2.75, 3.05) is 46.8 Å². The number of ketones is 2. The van der Waals surface area contributed by atoms with Crippen LogP contribution in [0.5, 0.6) is 0 Å². The lowest BCUT2D eigenvalue weighted by molar-refractivity contribution is -0.166. The quantitative estimate of drug-likeness (QED) is 0.137. The van der Waals surface area contributed by atoms with Gasteiger partial charge in [-0.15, -0.1) is 0 Å². The van der Waals surface area contributed by atoms with Gasteiger partial charge in [0.05, 0.1) is 32.5 Å². The average Bonchev–Trinajstić information content (AvgIpc) is 3.40. The summed E-state index contributed by atoms with van der Waals surface area (Å²) < 4.78 is 26.5. The number of imide groups is 1. The van der Waals surface area contributed by atoms with Crippen LogP contribution in [0.25, 0.3) is 5.57 Å². The number of hydrogen-bond acceptors (Lipinski definition) is 11. The van der Waals surface area contributed by atoms with E-state index in [0.29, 0.717) is 31.6 Å². The van der Waals surface area contributed by atoms with Crippen LogP contribution in [0.4, 0.5) is 4.79 Å². The average molecular weight is 640 g/mol. The van der Waals surface area contributed by atoms with Crippen LogP contribution in [0.1, 0.15) is 36.5 Å². The molecule has 1 saturated heterocycles. The zero-order chi connectivity index (χ0) is 33.5. The van der Waals surface area contributed by atoms with Gasteiger partial charge in [0.15, 0.2) is 23.8 Å². The normalized spacial score (nSPS) is 16.1. The van der Waals surface area contributed by atoms with Crippen molar-refractivity contribution in [2.24, 2.45) is 0 Å². The molecule has 1 heterocycles. The molecule has 3 rings (SSSR count). The first kappa shape index (κ1) is 36.2. The van der Waals surface area contributed by atoms with Crippen LogP contribution >= 0.6 is 0 Å². The summed E-state index contributed by atoms with van der Waals surface area (Å²) in [5.41, 5.74) is 2.22. The molecule has 0 aromatic heterocycles. The maximum Gasteiger partial charge on any atom is 0.417 e. The highest BCUT2D eigenvalue weighted by Gasteiger charge is 2.46. The van der Waals surface area contributed by atoms with E-state index in [9.17, 15) is 24.0 Å². The van der Waals surface area contributed by atoms with E-state index in [4.69, 9.17) is 28.8 Å². The van der Waals surface area contributed by atoms with Gasteiger partial charge in [-0.05, 0) is 37.0 Å². The van der Waals surface area contributed by atoms with Crippen LogP contribution < -0.4 is 0 Å². The Morgan fingerprint density at radius 1 is 1.00 bits per heavy atom. The molecule has 46 heavy (non-hydrogen) atoms. The van der Waals surface area contributed by atoms with Gasteiger partial charge in [-0.1, -0.05) is 60.2 Å². The molecule has 1 aliphatic heterocycles. The lowest BCUT2D eigenvalue weighted by atomic mass is 9.94. The number of Topliss-reactive ketones (excluding diaryl/α,β-unsaturated/α-hetero) is 1. The molecule has 3 atom stereocenters. The van der Waals surface area contributed by atoms with Gasteiger partial charge in [-0.2, -0.15) is 0 Å². The largest absolute Gasteiger partial charge is 0.451 e. The van der Waals surface area contributed by atoms with Crippen molar-refractivity contribution < 1.29 is 52.8 Å². The monoisotopic (exact) mass is 639 g/mol. The fourth-order valence-electron chi connectivity index (χ4n) is 4.92. The second-order valence-electron chi connectivity index (χ2n) is 10.6. The first-order chi connectivity index (χ1) is 22.2. The number of allylic oxidation sites excluding steroid dienone is 1. The summed E-state index contributed by atoms with van der Waals surface area (Å²) in [5, 5.41) is 8.76. The summed E-state index contributed by atoms with van der Waals surface area (Å²) in [6.07, 6.45) is -2.67. The van der Waals surface area contributed by atoms with Crippen LogP contribution in [0.2, 0.25) is 0 Å². The van der Waals surface area contributed by atoms with Gasteiger partial charge in [0.1, 0.15) is 6.61 Å². The summed E-state index contributed by atoms with van der Waals surface area (Å²) in [7, 11) is 1.16. The predicted molar refractivity (Wildman–Crippen MR) is 166 cm³/mol. The topological polar surface area (TPSA) is 155 Å². The van der Waals surface area contributed by atoms with E-state index in [2.05, 4.69) is 0 Å². The summed E-state index contributed by atoms with van der Waals surface area (Å²) in [6.45, 7) is 3.83. The number of carbonyl (C=O) groups excluding carboxylic acids is 5. The first-order valence-corrected chi connectivity index (χ1v) is 15.0. The number of aliphatic hydroxyl groups is 1. The number of aryl methyl sites for hydroxylation is 1. The fourth-order valence-corrected chi connectivity index (χ4v) is 4.92. The molecule has 248 valence electrons. The minimum atomic E-state index is -1.80. The van der Waals surface area contributed by atoms with Gasteiger partial charge >= 0.3 is 12.1 Å². The maximum atomic E-state index is 13.8. The summed E-state index contributed by atoms with van der Waals surface area (Å²) >= 11 is 0. The van der Waals surface area contributed by atoms with E-state index in [0.717, 1.165) is 36.1 Å². The highest BCUT2D eigenvalue weighted by Crippen LogP contribution is 2.24. The molecule has 0 aliphatic carbocycles. The molecule has 0 saturated carbocycles. The Morgan fingerprint density at radius 2 is 1.72 bits per heavy atom. The fraction of sp³-hybridized carbons (Fsp3) is 0.441. The van der Waals surface area contributed by atoms with Crippen LogP contribution in [0.3, 0.4) is 0 Å². The summed E-state index contributed by atoms with van der Waals surface area (Å²) in [4.78, 5) is 66.7. The van der Waals surface area contributed by atoms with Crippen LogP contribution in [0.15, 0.2) is 60.7 Å². The molecule has 1 aliphatic rings. The molecule has 0 radical (unpaired) electrons. The standard InChI is InChI=1S/C34H41NO11/c1-23-9-7-12-26(19-23)28(29(38)13-8-15-43-17-18-44-16-14-36)21-30(39)31(46-24(2)37)32(42-3)33(40)35-27(22-45-34(35)41)20-25-10-5-4-6-11-25/h4-7,9-12,19,21,27,31-32,36H,8,13-18,20,22H2,1-3H3/t27-,31+,32-/m0/s1. The van der Waals surface area contributed by atoms with Crippen LogP contribution in [-0.2, 0) is 49.3 Å². The lowest BCUT2D eigenvalue weighted by Crippen LogP contribution is -2.53. The maximum absolute atomic E-state index is 13.8. The van der Waals surface area contributed by atoms with Crippen LogP contribution in [-0.4, -0.2) is 105 Å². The number of nitrogens with zero attached hydrogens (tertiary/aromatic N) is 1. The second-order valence-corrected chi connectivity index (χ2v) is 10.6. The molecule has 2 aromatic carbocycles. The summed E-state index contributed by atoms with van der Waals surface area (Å²) in [5.74, 6) is -3.02. The van der Waals surface area contributed by atoms with E-state index in [1.54, 1.807) is 18.2 Å². The number of hydrogen-bond donors (Lipinski definition) is 1. The molecular weight excluding hydrogens is 598 g/mol. The van der Waals surface area contributed by atoms with Gasteiger partial charge in [-0.25, -0.2) is 9.69 Å². The minimum Gasteiger partial charge on any atom is -0.451 e. The Hall–Kier alpha value is -4.23. The van der Waals surface area contributed by atoms with Gasteiger partial charge in [0.25, 0.3) is 5.91 Å². The van der Waals surface area contributed by atoms with Gasteiger partial charge < -0.3 is 28.8 Å². The first-order valence-electron chi connectivity index (χ1n) is 15.0. The number of benzene rings is 2. The van der Waals surface area contributed by atoms with Crippen molar-refractivity contribution in [3.63, 3.8) is 0 Å². The van der Waals surface area contributed by atoms with E-state index < -0.39 is 42.0 Å². The van der Waals surface area contributed by atoms with Gasteiger partial charge in [0.2, 0.25) is 0 Å². The molecule has 12 nitrogen and oxygen atoms in total. The second kappa shape index (κ2) is 18.7. The number of methoxy groups -OCH3 is 1. The van der Waals surface area contributed by atoms with Crippen molar-refractivity contribution >= 4 is 35.1 Å². The number of cyclic esters (lactones) is 1. The van der Waals surface area contributed by atoms with E-state index in [-0.39, 0.29) is 44.2 Å². The highest BCUT2D eigenvalue weighted by molar-refractivity contribution is 6.25. The van der Waals surface area contributed by atoms with E-state index in [1.807, 2.05) is 43.3 Å². The SMILES string of the molecule is CO[C@H](C(=O)N1C(=O)OC[C@@H]1Cc1ccccc1)[C@H](OC(C)=O)C(=O)C=C(C(=O)CCCOCCOCCO)c1cccc(C)c1. The Morgan fingerprint density at radius 3 is 2.37 bits per heavy atom. The molecular formula is C34H41NO11. The Kier molecular flexibility index (Phi) is 14.7. The Balaban J connectivity index is 1.84. The van der Waals surface area contributed by atoms with Crippen LogP contribution in [0, 0.1) is 6.92 Å². The zero-order valence-electron chi connectivity index (χ0n) is 26.3. The Bertz CT molecular complexity index is 1370. The number of aliphatic hydroxyl groups excluding tert-OH is 1. The molecule has 0 unspecified atom stereocenters. The molecule has 12 heteroatoms. The number of carbonyl (C=O) groups is 5. The smallest absolute Gasteiger partial charge is 0.417 e. The van der Waals surface area contributed by atoms with Crippen molar-refractivity contribution in [3.8, 4) is 0 Å². The molecule has 2 amide bonds. The van der Waals surface area contributed by atoms with Crippen molar-refractivity contribution in [3.05, 3.63) is 77.4 Å². The lowest BCUT2D eigenvalue weighted by Gasteiger charge is -2.28. The summed E-state index contributed by atoms with van der Waals surface area (Å²) in [6, 6.07) is 15.5. The predicted octanol–water partition coefficient (Wildman–Crippen LogP) is 2.86. The van der Waals surface area contributed by atoms with Gasteiger partial charge in [0, 0.05) is 32.6 Å². The molecule has 0 spiro atoms. The van der Waals surface area contributed by atoms with Crippen molar-refractivity contribution in [1.82, 2.24) is 4.90 Å². The third-order valence-corrected chi connectivity index (χ3v) is 7.07. The number of amides is 2. The highest BCUT2D eigenvalue weighted by atomic mass is 16.6. The minimum absolute atomic E-state index is 0.0379. The Labute approximate surface area is 268 Å². The number of esters is 1. The van der Waals surface area contributed by atoms with E-state index >= 15 is 0 Å². The van der Waals surface area contributed by atoms with Crippen molar-refractivity contribution in [1.29, 1.82) is 0 Å². The number of rotatable bonds is 19. The van der Waals surface area contributed by atoms with E-state index in [1.165, 1.54) is 0 Å². The molecule has 1 N–H and O–H groups in total. The van der Waals surface area contributed by atoms with Crippen molar-refractivity contribution in [2.45, 2.75) is 51.4 Å². The molecule has 2 aromatic rings. The third kappa shape index (κ3) is 10.7. The molecule has 1 fully saturated rings. The third-order valence-electron chi connectivity index (χ3n) is 7.07. The zero-order valence-corrected chi connectivity index (χ0v) is 26.3. The molecule has 0 bridgehead atoms.